The maximum absolute atomic E-state index is 12.2. The molecule has 4 aromatic rings. The molecule has 0 saturated heterocycles. The molecule has 0 aliphatic carbocycles. The predicted molar refractivity (Wildman–Crippen MR) is 129 cm³/mol. The lowest BCUT2D eigenvalue weighted by atomic mass is 10.1. The van der Waals surface area contributed by atoms with Crippen LogP contribution in [0.2, 0.25) is 0 Å². The highest BCUT2D eigenvalue weighted by Gasteiger charge is 2.09. The molecule has 4 aromatic carbocycles. The number of esters is 2. The van der Waals surface area contributed by atoms with E-state index < -0.39 is 11.9 Å². The van der Waals surface area contributed by atoms with Crippen LogP contribution in [-0.2, 0) is 0 Å². The SMILES string of the molecule is Cc1ccc(C(=O)Oc2ccc(/N=N/c3ccc(OC(=O)c4ccc(C)cc4)cc3)cc2)cc1. The Balaban J connectivity index is 1.33. The number of rotatable bonds is 6. The number of benzene rings is 4. The van der Waals surface area contributed by atoms with E-state index >= 15 is 0 Å². The normalized spacial score (nSPS) is 10.8. The van der Waals surface area contributed by atoms with Crippen LogP contribution in [0.1, 0.15) is 31.8 Å². The molecule has 0 spiro atoms. The molecule has 0 heterocycles. The fraction of sp³-hybridized carbons (Fsp3) is 0.0714. The van der Waals surface area contributed by atoms with Crippen molar-refractivity contribution in [3.05, 3.63) is 119 Å². The van der Waals surface area contributed by atoms with Gasteiger partial charge in [-0.25, -0.2) is 9.59 Å². The van der Waals surface area contributed by atoms with Crippen LogP contribution in [0.15, 0.2) is 107 Å². The van der Waals surface area contributed by atoms with Crippen molar-refractivity contribution >= 4 is 23.3 Å². The van der Waals surface area contributed by atoms with E-state index in [9.17, 15) is 9.59 Å². The van der Waals surface area contributed by atoms with Gasteiger partial charge in [-0.3, -0.25) is 0 Å². The zero-order chi connectivity index (χ0) is 23.9. The molecule has 0 atom stereocenters. The Kier molecular flexibility index (Phi) is 6.89. The summed E-state index contributed by atoms with van der Waals surface area (Å²) in [5.74, 6) is 0.00336. The minimum Gasteiger partial charge on any atom is -0.423 e. The van der Waals surface area contributed by atoms with Crippen LogP contribution in [0.4, 0.5) is 11.4 Å². The van der Waals surface area contributed by atoms with Gasteiger partial charge >= 0.3 is 11.9 Å². The van der Waals surface area contributed by atoms with Gasteiger partial charge in [0.05, 0.1) is 22.5 Å². The maximum atomic E-state index is 12.2. The van der Waals surface area contributed by atoms with Crippen molar-refractivity contribution in [3.8, 4) is 11.5 Å². The number of azo groups is 1. The third kappa shape index (κ3) is 6.01. The molecule has 168 valence electrons. The van der Waals surface area contributed by atoms with E-state index in [0.717, 1.165) is 11.1 Å². The van der Waals surface area contributed by atoms with Crippen LogP contribution in [0.25, 0.3) is 0 Å². The standard InChI is InChI=1S/C28H22N2O4/c1-19-3-7-21(8-4-19)27(31)33-25-15-11-23(12-16-25)29-30-24-13-17-26(18-14-24)34-28(32)22-9-5-20(2)6-10-22/h3-18H,1-2H3/b30-29+. The average molecular weight is 450 g/mol. The molecule has 4 rings (SSSR count). The van der Waals surface area contributed by atoms with Gasteiger partial charge in [0.15, 0.2) is 0 Å². The quantitative estimate of drug-likeness (QED) is 0.177. The number of carbonyl (C=O) groups is 2. The van der Waals surface area contributed by atoms with Crippen molar-refractivity contribution in [2.24, 2.45) is 10.2 Å². The molecular weight excluding hydrogens is 428 g/mol. The summed E-state index contributed by atoms with van der Waals surface area (Å²) in [6.45, 7) is 3.91. The highest BCUT2D eigenvalue weighted by atomic mass is 16.5. The molecule has 0 saturated carbocycles. The van der Waals surface area contributed by atoms with E-state index in [4.69, 9.17) is 9.47 Å². The average Bonchev–Trinajstić information content (AvgIpc) is 2.85. The fourth-order valence-corrected chi connectivity index (χ4v) is 2.99. The summed E-state index contributed by atoms with van der Waals surface area (Å²) in [4.78, 5) is 24.4. The monoisotopic (exact) mass is 450 g/mol. The Labute approximate surface area is 197 Å². The largest absolute Gasteiger partial charge is 0.423 e. The number of hydrogen-bond donors (Lipinski definition) is 0. The van der Waals surface area contributed by atoms with E-state index in [0.29, 0.717) is 34.0 Å². The second-order valence-electron chi connectivity index (χ2n) is 7.70. The Hall–Kier alpha value is -4.58. The summed E-state index contributed by atoms with van der Waals surface area (Å²) in [5.41, 5.74) is 4.33. The number of aryl methyl sites for hydroxylation is 2. The molecule has 0 aliphatic rings. The Morgan fingerprint density at radius 1 is 0.500 bits per heavy atom. The third-order valence-electron chi connectivity index (χ3n) is 4.95. The van der Waals surface area contributed by atoms with Gasteiger partial charge in [-0.1, -0.05) is 35.4 Å². The van der Waals surface area contributed by atoms with Gasteiger partial charge in [0.1, 0.15) is 11.5 Å². The highest BCUT2D eigenvalue weighted by Crippen LogP contribution is 2.24. The van der Waals surface area contributed by atoms with Crippen LogP contribution in [0.5, 0.6) is 11.5 Å². The van der Waals surface area contributed by atoms with E-state index in [1.807, 2.05) is 38.1 Å². The Morgan fingerprint density at radius 3 is 1.15 bits per heavy atom. The second-order valence-corrected chi connectivity index (χ2v) is 7.70. The lowest BCUT2D eigenvalue weighted by molar-refractivity contribution is 0.0725. The lowest BCUT2D eigenvalue weighted by Crippen LogP contribution is -2.08. The van der Waals surface area contributed by atoms with Crippen molar-refractivity contribution in [2.45, 2.75) is 13.8 Å². The smallest absolute Gasteiger partial charge is 0.343 e. The molecule has 0 N–H and O–H groups in total. The van der Waals surface area contributed by atoms with Crippen molar-refractivity contribution in [3.63, 3.8) is 0 Å². The molecule has 0 radical (unpaired) electrons. The first-order chi connectivity index (χ1) is 16.5. The topological polar surface area (TPSA) is 77.3 Å². The molecule has 34 heavy (non-hydrogen) atoms. The summed E-state index contributed by atoms with van der Waals surface area (Å²) in [6.07, 6.45) is 0. The highest BCUT2D eigenvalue weighted by molar-refractivity contribution is 5.91. The summed E-state index contributed by atoms with van der Waals surface area (Å²) in [6, 6.07) is 27.8. The first kappa shape index (κ1) is 22.6. The van der Waals surface area contributed by atoms with Gasteiger partial charge < -0.3 is 9.47 Å². The van der Waals surface area contributed by atoms with Crippen LogP contribution >= 0.6 is 0 Å². The fourth-order valence-electron chi connectivity index (χ4n) is 2.99. The molecule has 0 unspecified atom stereocenters. The van der Waals surface area contributed by atoms with Crippen LogP contribution in [-0.4, -0.2) is 11.9 Å². The van der Waals surface area contributed by atoms with Crippen LogP contribution in [0, 0.1) is 13.8 Å². The van der Waals surface area contributed by atoms with Gasteiger partial charge in [0, 0.05) is 0 Å². The molecule has 0 aromatic heterocycles. The van der Waals surface area contributed by atoms with E-state index in [1.165, 1.54) is 0 Å². The zero-order valence-corrected chi connectivity index (χ0v) is 18.8. The summed E-state index contributed by atoms with van der Waals surface area (Å²) >= 11 is 0. The molecule has 0 amide bonds. The molecule has 6 nitrogen and oxygen atoms in total. The maximum Gasteiger partial charge on any atom is 0.343 e. The van der Waals surface area contributed by atoms with Gasteiger partial charge in [-0.15, -0.1) is 0 Å². The first-order valence-electron chi connectivity index (χ1n) is 10.7. The third-order valence-corrected chi connectivity index (χ3v) is 4.95. The zero-order valence-electron chi connectivity index (χ0n) is 18.8. The Bertz CT molecular complexity index is 1200. The predicted octanol–water partition coefficient (Wildman–Crippen LogP) is 7.16. The second kappa shape index (κ2) is 10.4. The van der Waals surface area contributed by atoms with Gasteiger partial charge in [-0.2, -0.15) is 10.2 Å². The van der Waals surface area contributed by atoms with Crippen molar-refractivity contribution in [1.82, 2.24) is 0 Å². The molecule has 0 aliphatic heterocycles. The minimum absolute atomic E-state index is 0.419. The van der Waals surface area contributed by atoms with Crippen molar-refractivity contribution in [2.75, 3.05) is 0 Å². The van der Waals surface area contributed by atoms with E-state index in [2.05, 4.69) is 10.2 Å². The Morgan fingerprint density at radius 2 is 0.824 bits per heavy atom. The summed E-state index contributed by atoms with van der Waals surface area (Å²) < 4.78 is 10.8. The number of hydrogen-bond acceptors (Lipinski definition) is 6. The van der Waals surface area contributed by atoms with Gasteiger partial charge in [0.25, 0.3) is 0 Å². The molecule has 0 fully saturated rings. The summed E-state index contributed by atoms with van der Waals surface area (Å²) in [7, 11) is 0. The van der Waals surface area contributed by atoms with Gasteiger partial charge in [-0.05, 0) is 86.6 Å². The number of nitrogens with zero attached hydrogens (tertiary/aromatic N) is 2. The summed E-state index contributed by atoms with van der Waals surface area (Å²) in [5, 5.41) is 8.38. The molecule has 6 heteroatoms. The molecular formula is C28H22N2O4. The van der Waals surface area contributed by atoms with Crippen LogP contribution < -0.4 is 9.47 Å². The van der Waals surface area contributed by atoms with E-state index in [-0.39, 0.29) is 0 Å². The molecule has 0 bridgehead atoms. The van der Waals surface area contributed by atoms with Crippen LogP contribution in [0.3, 0.4) is 0 Å². The first-order valence-corrected chi connectivity index (χ1v) is 10.7. The number of carbonyl (C=O) groups excluding carboxylic acids is 2. The van der Waals surface area contributed by atoms with E-state index in [1.54, 1.807) is 72.8 Å². The number of ether oxygens (including phenoxy) is 2. The van der Waals surface area contributed by atoms with Crippen molar-refractivity contribution in [1.29, 1.82) is 0 Å². The van der Waals surface area contributed by atoms with Crippen molar-refractivity contribution < 1.29 is 19.1 Å². The van der Waals surface area contributed by atoms with Gasteiger partial charge in [0.2, 0.25) is 0 Å². The lowest BCUT2D eigenvalue weighted by Gasteiger charge is -2.05. The minimum atomic E-state index is -0.419.